The first kappa shape index (κ1) is 11.5. The first-order chi connectivity index (χ1) is 7.54. The molecule has 0 aromatic carbocycles. The number of thiazole rings is 1. The van der Waals surface area contributed by atoms with Gasteiger partial charge in [0.25, 0.3) is 0 Å². The third kappa shape index (κ3) is 3.00. The molecule has 0 spiro atoms. The summed E-state index contributed by atoms with van der Waals surface area (Å²) in [5.41, 5.74) is 1.19. The second-order valence-electron chi connectivity index (χ2n) is 4.86. The zero-order valence-electron chi connectivity index (χ0n) is 9.95. The van der Waals surface area contributed by atoms with Crippen LogP contribution in [0.2, 0.25) is 0 Å². The van der Waals surface area contributed by atoms with Crippen molar-refractivity contribution in [2.45, 2.75) is 32.7 Å². The second kappa shape index (κ2) is 4.47. The molecule has 2 rings (SSSR count). The van der Waals surface area contributed by atoms with Crippen LogP contribution in [0.3, 0.4) is 0 Å². The molecular weight excluding hydrogens is 218 g/mol. The number of hydrogen-bond acceptors (Lipinski definition) is 4. The van der Waals surface area contributed by atoms with Gasteiger partial charge >= 0.3 is 0 Å². The van der Waals surface area contributed by atoms with Gasteiger partial charge in [0.05, 0.1) is 5.01 Å². The number of fused-ring (bicyclic) bond motifs is 1. The lowest BCUT2D eigenvalue weighted by Crippen LogP contribution is -2.37. The van der Waals surface area contributed by atoms with Crippen molar-refractivity contribution in [2.75, 3.05) is 6.54 Å². The van der Waals surface area contributed by atoms with Crippen LogP contribution < -0.4 is 5.32 Å². The highest BCUT2D eigenvalue weighted by atomic mass is 32.1. The van der Waals surface area contributed by atoms with Crippen molar-refractivity contribution >= 4 is 21.7 Å². The summed E-state index contributed by atoms with van der Waals surface area (Å²) in [7, 11) is 0. The maximum absolute atomic E-state index is 4.55. The standard InChI is InChI=1S/C12H17N3S/c1-12(2,3)14-8-6-10-15-9-5-4-7-13-11(9)16-10/h4-5,7,14H,6,8H2,1-3H3. The highest BCUT2D eigenvalue weighted by Gasteiger charge is 2.09. The Kier molecular flexibility index (Phi) is 3.21. The number of nitrogens with zero attached hydrogens (tertiary/aromatic N) is 2. The van der Waals surface area contributed by atoms with E-state index in [2.05, 4.69) is 36.1 Å². The van der Waals surface area contributed by atoms with Crippen LogP contribution in [0, 0.1) is 0 Å². The van der Waals surface area contributed by atoms with Crippen LogP contribution >= 0.6 is 11.3 Å². The first-order valence-corrected chi connectivity index (χ1v) is 6.32. The van der Waals surface area contributed by atoms with Gasteiger partial charge in [-0.3, -0.25) is 0 Å². The van der Waals surface area contributed by atoms with Crippen molar-refractivity contribution in [2.24, 2.45) is 0 Å². The van der Waals surface area contributed by atoms with Crippen molar-refractivity contribution in [3.63, 3.8) is 0 Å². The SMILES string of the molecule is CC(C)(C)NCCc1nc2cccnc2s1. The molecule has 2 aromatic heterocycles. The lowest BCUT2D eigenvalue weighted by atomic mass is 10.1. The molecule has 0 unspecified atom stereocenters. The Morgan fingerprint density at radius 3 is 2.88 bits per heavy atom. The molecule has 0 fully saturated rings. The molecule has 2 aromatic rings. The monoisotopic (exact) mass is 235 g/mol. The average Bonchev–Trinajstić information content (AvgIpc) is 2.57. The van der Waals surface area contributed by atoms with Gasteiger partial charge in [0.2, 0.25) is 0 Å². The molecule has 0 saturated heterocycles. The normalized spacial score (nSPS) is 12.2. The molecular formula is C12H17N3S. The van der Waals surface area contributed by atoms with Crippen LogP contribution in [0.5, 0.6) is 0 Å². The van der Waals surface area contributed by atoms with Gasteiger partial charge in [-0.15, -0.1) is 0 Å². The molecule has 0 atom stereocenters. The van der Waals surface area contributed by atoms with Crippen molar-refractivity contribution in [1.29, 1.82) is 0 Å². The minimum Gasteiger partial charge on any atom is -0.312 e. The van der Waals surface area contributed by atoms with E-state index >= 15 is 0 Å². The van der Waals surface area contributed by atoms with Crippen LogP contribution in [0.1, 0.15) is 25.8 Å². The Morgan fingerprint density at radius 1 is 1.38 bits per heavy atom. The summed E-state index contributed by atoms with van der Waals surface area (Å²) in [5.74, 6) is 0. The van der Waals surface area contributed by atoms with E-state index in [1.807, 2.05) is 18.3 Å². The lowest BCUT2D eigenvalue weighted by Gasteiger charge is -2.19. The van der Waals surface area contributed by atoms with Gasteiger partial charge in [0.15, 0.2) is 0 Å². The largest absolute Gasteiger partial charge is 0.312 e. The van der Waals surface area contributed by atoms with Gasteiger partial charge in [-0.05, 0) is 32.9 Å². The van der Waals surface area contributed by atoms with Crippen LogP contribution in [-0.4, -0.2) is 22.1 Å². The van der Waals surface area contributed by atoms with E-state index in [0.717, 1.165) is 28.3 Å². The Hall–Kier alpha value is -1.00. The van der Waals surface area contributed by atoms with Crippen molar-refractivity contribution in [3.05, 3.63) is 23.3 Å². The number of hydrogen-bond donors (Lipinski definition) is 1. The Labute approximate surface area is 99.9 Å². The predicted octanol–water partition coefficient (Wildman–Crippen LogP) is 2.62. The predicted molar refractivity (Wildman–Crippen MR) is 68.9 cm³/mol. The van der Waals surface area contributed by atoms with Crippen molar-refractivity contribution in [3.8, 4) is 0 Å². The van der Waals surface area contributed by atoms with Gasteiger partial charge in [0, 0.05) is 24.7 Å². The minimum absolute atomic E-state index is 0.176. The van der Waals surface area contributed by atoms with Crippen molar-refractivity contribution in [1.82, 2.24) is 15.3 Å². The number of nitrogens with one attached hydrogen (secondary N) is 1. The first-order valence-electron chi connectivity index (χ1n) is 5.50. The van der Waals surface area contributed by atoms with Crippen LogP contribution in [-0.2, 0) is 6.42 Å². The van der Waals surface area contributed by atoms with Gasteiger partial charge in [0.1, 0.15) is 10.3 Å². The van der Waals surface area contributed by atoms with Crippen LogP contribution in [0.25, 0.3) is 10.3 Å². The zero-order chi connectivity index (χ0) is 11.6. The highest BCUT2D eigenvalue weighted by molar-refractivity contribution is 7.18. The molecule has 86 valence electrons. The average molecular weight is 235 g/mol. The summed E-state index contributed by atoms with van der Waals surface area (Å²) < 4.78 is 0. The summed E-state index contributed by atoms with van der Waals surface area (Å²) in [6.07, 6.45) is 2.79. The molecule has 1 N–H and O–H groups in total. The van der Waals surface area contributed by atoms with Crippen molar-refractivity contribution < 1.29 is 0 Å². The smallest absolute Gasteiger partial charge is 0.143 e. The molecule has 0 bridgehead atoms. The summed E-state index contributed by atoms with van der Waals surface area (Å²) in [4.78, 5) is 9.88. The fourth-order valence-corrected chi connectivity index (χ4v) is 2.37. The summed E-state index contributed by atoms with van der Waals surface area (Å²) in [5, 5.41) is 4.62. The van der Waals surface area contributed by atoms with Crippen LogP contribution in [0.4, 0.5) is 0 Å². The minimum atomic E-state index is 0.176. The van der Waals surface area contributed by atoms with Gasteiger partial charge in [-0.25, -0.2) is 9.97 Å². The molecule has 0 amide bonds. The Balaban J connectivity index is 2.00. The van der Waals surface area contributed by atoms with E-state index in [4.69, 9.17) is 0 Å². The third-order valence-corrected chi connectivity index (χ3v) is 3.24. The third-order valence-electron chi connectivity index (χ3n) is 2.20. The quantitative estimate of drug-likeness (QED) is 0.888. The molecule has 4 heteroatoms. The van der Waals surface area contributed by atoms with E-state index in [1.54, 1.807) is 11.3 Å². The van der Waals surface area contributed by atoms with E-state index in [-0.39, 0.29) is 5.54 Å². The lowest BCUT2D eigenvalue weighted by molar-refractivity contribution is 0.429. The molecule has 0 aliphatic carbocycles. The van der Waals surface area contributed by atoms with Gasteiger partial charge in [-0.1, -0.05) is 11.3 Å². The summed E-state index contributed by atoms with van der Waals surface area (Å²) in [6.45, 7) is 7.48. The van der Waals surface area contributed by atoms with E-state index in [9.17, 15) is 0 Å². The molecule has 3 nitrogen and oxygen atoms in total. The second-order valence-corrected chi connectivity index (χ2v) is 5.92. The fraction of sp³-hybridized carbons (Fsp3) is 0.500. The molecule has 0 aliphatic rings. The fourth-order valence-electron chi connectivity index (χ4n) is 1.47. The van der Waals surface area contributed by atoms with E-state index in [1.165, 1.54) is 0 Å². The van der Waals surface area contributed by atoms with E-state index < -0.39 is 0 Å². The van der Waals surface area contributed by atoms with Gasteiger partial charge < -0.3 is 5.32 Å². The zero-order valence-corrected chi connectivity index (χ0v) is 10.8. The van der Waals surface area contributed by atoms with E-state index in [0.29, 0.717) is 0 Å². The Bertz CT molecular complexity index is 437. The van der Waals surface area contributed by atoms with Crippen LogP contribution in [0.15, 0.2) is 18.3 Å². The summed E-state index contributed by atoms with van der Waals surface area (Å²) >= 11 is 1.69. The van der Waals surface area contributed by atoms with Gasteiger partial charge in [-0.2, -0.15) is 0 Å². The topological polar surface area (TPSA) is 37.8 Å². The maximum atomic E-state index is 4.55. The number of pyridine rings is 1. The number of aromatic nitrogens is 2. The molecule has 0 aliphatic heterocycles. The molecule has 0 radical (unpaired) electrons. The highest BCUT2D eigenvalue weighted by Crippen LogP contribution is 2.19. The maximum Gasteiger partial charge on any atom is 0.143 e. The Morgan fingerprint density at radius 2 is 2.19 bits per heavy atom. The molecule has 2 heterocycles. The summed E-state index contributed by atoms with van der Waals surface area (Å²) in [6, 6.07) is 3.94. The molecule has 0 saturated carbocycles. The molecule has 16 heavy (non-hydrogen) atoms. The number of rotatable bonds is 3.